The fourth-order valence-corrected chi connectivity index (χ4v) is 12.2. The van der Waals surface area contributed by atoms with Gasteiger partial charge in [-0.05, 0) is 67.6 Å². The van der Waals surface area contributed by atoms with Crippen molar-refractivity contribution in [2.45, 2.75) is 216 Å². The van der Waals surface area contributed by atoms with Crippen molar-refractivity contribution in [3.63, 3.8) is 0 Å². The maximum absolute atomic E-state index is 13.6. The van der Waals surface area contributed by atoms with Crippen LogP contribution in [0.2, 0.25) is 0 Å². The lowest BCUT2D eigenvalue weighted by Crippen LogP contribution is -2.62. The van der Waals surface area contributed by atoms with Gasteiger partial charge in [0.2, 0.25) is 94.5 Å². The van der Waals surface area contributed by atoms with Crippen molar-refractivity contribution in [3.8, 4) is 0 Å². The van der Waals surface area contributed by atoms with E-state index >= 15 is 0 Å². The largest absolute Gasteiger partial charge is 0.481 e. The van der Waals surface area contributed by atoms with Gasteiger partial charge < -0.3 is 147 Å². The Labute approximate surface area is 696 Å². The molecule has 51 nitrogen and oxygen atoms in total. The van der Waals surface area contributed by atoms with Gasteiger partial charge in [0, 0.05) is 25.0 Å². The van der Waals surface area contributed by atoms with Crippen LogP contribution in [0.4, 0.5) is 0 Å². The number of aliphatic hydroxyl groups excluding tert-OH is 6. The minimum absolute atomic E-state index is 0.00769. The lowest BCUT2D eigenvalue weighted by Gasteiger charge is -2.28. The van der Waals surface area contributed by atoms with Crippen LogP contribution < -0.4 is 90.8 Å². The Bertz CT molecular complexity index is 3730. The number of hydrogen-bond donors (Lipinski definition) is 28. The number of carboxylic acid groups (broad SMARTS) is 5. The van der Waals surface area contributed by atoms with Gasteiger partial charge in [-0.3, -0.25) is 101 Å². The molecule has 0 saturated carbocycles. The predicted octanol–water partition coefficient (Wildman–Crippen LogP) is -12.9. The van der Waals surface area contributed by atoms with E-state index in [0.29, 0.717) is 17.2 Å². The Hall–Kier alpha value is -11.1. The number of carbonyl (C=O) groups excluding carboxylic acids is 16. The number of aliphatic carboxylic acids is 5. The summed E-state index contributed by atoms with van der Waals surface area (Å²) in [6.45, 7) is 3.68. The summed E-state index contributed by atoms with van der Waals surface area (Å²) >= 11 is 0. The van der Waals surface area contributed by atoms with E-state index in [9.17, 15) is 165 Å². The number of nitrogens with two attached hydrogens (primary N) is 1. The summed E-state index contributed by atoms with van der Waals surface area (Å²) in [6.07, 6.45) is -7.84. The summed E-state index contributed by atoms with van der Waals surface area (Å²) in [7, 11) is -3.30. The quantitative estimate of drug-likeness (QED) is 0.0199. The maximum Gasteiger partial charge on any atom is 0.322 e. The second-order valence-corrected chi connectivity index (χ2v) is 33.3. The van der Waals surface area contributed by atoms with E-state index in [-0.39, 0.29) is 62.3 Å². The fraction of sp³-hybridized carbons (Fsp3) is 0.691. The zero-order valence-corrected chi connectivity index (χ0v) is 69.1. The lowest BCUT2D eigenvalue weighted by molar-refractivity contribution is -0.142. The van der Waals surface area contributed by atoms with Crippen molar-refractivity contribution in [1.29, 1.82) is 0 Å². The highest BCUT2D eigenvalue weighted by atomic mass is 33.1. The Kier molecular flexibility index (Phi) is 51.2. The molecule has 0 aromatic carbocycles. The van der Waals surface area contributed by atoms with Crippen LogP contribution in [0.5, 0.6) is 0 Å². The Morgan fingerprint density at radius 1 is 0.322 bits per heavy atom. The molecule has 121 heavy (non-hydrogen) atoms. The summed E-state index contributed by atoms with van der Waals surface area (Å²) in [5, 5.41) is 143. The minimum Gasteiger partial charge on any atom is -0.481 e. The van der Waals surface area contributed by atoms with Crippen LogP contribution >= 0.6 is 10.8 Å². The van der Waals surface area contributed by atoms with Crippen LogP contribution in [-0.4, -0.2) is 344 Å². The molecule has 0 spiro atoms. The van der Waals surface area contributed by atoms with Gasteiger partial charge in [-0.1, -0.05) is 41.5 Å². The second kappa shape index (κ2) is 56.4. The zero-order chi connectivity index (χ0) is 92.9. The van der Waals surface area contributed by atoms with E-state index in [0.717, 1.165) is 6.26 Å². The molecular weight excluding hydrogens is 1660 g/mol. The van der Waals surface area contributed by atoms with Gasteiger partial charge in [-0.25, -0.2) is 8.42 Å². The lowest BCUT2D eigenvalue weighted by atomic mass is 9.96. The molecule has 16 amide bonds. The SMILES string of the molecule is CC(C)CC(=O)N[C@H](CC(C)C)[C@H](O)CC(=O)N[C@H](C)C(=O)N[C@H](CC(C)C)[C@H](O)CC(=O)NCCCCC(NC(=O)CNC(=O)[C@H](CC(=O)O)NC(=O)[C@H](CO)NC(=O)[C@H](CC(=O)O)NC(=O)[C@H](CO)NC(=O)[C@H](CC(=O)O)NC(=O)[C@H](CO)NC(=O)[C@H](CC(=O)O)NC(=O)[C@H](CO)NC(=O)CNC(=O)[C@@H](N)CSS(C)(=O)=O)C(=O)NCC(=O)O. The highest BCUT2D eigenvalue weighted by Crippen LogP contribution is 2.16. The highest BCUT2D eigenvalue weighted by molar-refractivity contribution is 8.71. The summed E-state index contributed by atoms with van der Waals surface area (Å²) in [4.78, 5) is 269. The normalized spacial score (nSPS) is 15.0. The molecule has 0 saturated heterocycles. The van der Waals surface area contributed by atoms with Crippen molar-refractivity contribution in [3.05, 3.63) is 0 Å². The summed E-state index contributed by atoms with van der Waals surface area (Å²) < 4.78 is 22.7. The Balaban J connectivity index is 6.14. The van der Waals surface area contributed by atoms with Crippen molar-refractivity contribution < 1.29 is 165 Å². The number of rotatable bonds is 61. The molecule has 0 bridgehead atoms. The smallest absolute Gasteiger partial charge is 0.322 e. The van der Waals surface area contributed by atoms with Crippen LogP contribution in [-0.2, 0) is 110 Å². The van der Waals surface area contributed by atoms with Crippen LogP contribution in [0.15, 0.2) is 0 Å². The molecule has 0 aliphatic carbocycles. The fourth-order valence-electron chi connectivity index (χ4n) is 10.5. The van der Waals surface area contributed by atoms with Crippen LogP contribution in [0.25, 0.3) is 0 Å². The first-order valence-corrected chi connectivity index (χ1v) is 40.8. The molecule has 0 heterocycles. The first-order valence-electron chi connectivity index (χ1n) is 37.5. The average molecular weight is 1780 g/mol. The third kappa shape index (κ3) is 47.5. The topological polar surface area (TPSA) is 834 Å². The Morgan fingerprint density at radius 2 is 0.645 bits per heavy atom. The minimum atomic E-state index is -3.62. The molecular formula is C68H113N17O34S2. The third-order valence-electron chi connectivity index (χ3n) is 16.5. The van der Waals surface area contributed by atoms with E-state index in [2.05, 4.69) is 31.9 Å². The summed E-state index contributed by atoms with van der Waals surface area (Å²) in [5.74, 6) is -29.1. The number of carboxylic acids is 5. The van der Waals surface area contributed by atoms with E-state index in [4.69, 9.17) is 5.73 Å². The summed E-state index contributed by atoms with van der Waals surface area (Å²) in [6, 6.07) is -24.0. The van der Waals surface area contributed by atoms with Crippen molar-refractivity contribution >= 4 is 144 Å². The number of unbranched alkanes of at least 4 members (excludes halogenated alkanes) is 1. The van der Waals surface area contributed by atoms with Gasteiger partial charge in [-0.2, -0.15) is 0 Å². The number of aliphatic hydroxyl groups is 6. The van der Waals surface area contributed by atoms with Gasteiger partial charge in [0.25, 0.3) is 0 Å². The van der Waals surface area contributed by atoms with E-state index in [1.165, 1.54) is 6.92 Å². The van der Waals surface area contributed by atoms with Crippen LogP contribution in [0, 0.1) is 17.8 Å². The van der Waals surface area contributed by atoms with Crippen molar-refractivity contribution in [2.24, 2.45) is 23.5 Å². The van der Waals surface area contributed by atoms with Gasteiger partial charge in [0.1, 0.15) is 67.0 Å². The van der Waals surface area contributed by atoms with Gasteiger partial charge in [0.05, 0.1) is 108 Å². The second-order valence-electron chi connectivity index (χ2n) is 28.8. The molecule has 0 rings (SSSR count). The van der Waals surface area contributed by atoms with Gasteiger partial charge >= 0.3 is 29.8 Å². The maximum atomic E-state index is 13.6. The number of carbonyl (C=O) groups is 21. The van der Waals surface area contributed by atoms with E-state index in [1.54, 1.807) is 29.8 Å². The zero-order valence-electron chi connectivity index (χ0n) is 67.4. The molecule has 15 atom stereocenters. The highest BCUT2D eigenvalue weighted by Gasteiger charge is 2.38. The monoisotopic (exact) mass is 1780 g/mol. The third-order valence-corrected chi connectivity index (χ3v) is 19.1. The Morgan fingerprint density at radius 3 is 1.01 bits per heavy atom. The summed E-state index contributed by atoms with van der Waals surface area (Å²) in [5.41, 5.74) is 5.59. The number of nitrogens with one attached hydrogen (secondary N) is 16. The van der Waals surface area contributed by atoms with E-state index < -0.39 is 308 Å². The molecule has 29 N–H and O–H groups in total. The van der Waals surface area contributed by atoms with Crippen LogP contribution in [0.1, 0.15) is 126 Å². The molecule has 0 aliphatic heterocycles. The first kappa shape index (κ1) is 110. The molecule has 0 fully saturated rings. The average Bonchev–Trinajstić information content (AvgIpc) is 0.834. The molecule has 0 radical (unpaired) electrons. The molecule has 0 aliphatic rings. The predicted molar refractivity (Wildman–Crippen MR) is 415 cm³/mol. The first-order chi connectivity index (χ1) is 56.3. The molecule has 0 aromatic heterocycles. The van der Waals surface area contributed by atoms with E-state index in [1.807, 2.05) is 64.9 Å². The molecule has 0 aromatic rings. The molecule has 686 valence electrons. The molecule has 1 unspecified atom stereocenters. The van der Waals surface area contributed by atoms with Crippen LogP contribution in [0.3, 0.4) is 0 Å². The van der Waals surface area contributed by atoms with Crippen molar-refractivity contribution in [2.75, 3.05) is 64.6 Å². The number of amides is 16. The molecule has 53 heteroatoms. The van der Waals surface area contributed by atoms with Gasteiger partial charge in [0.15, 0.2) is 8.87 Å². The van der Waals surface area contributed by atoms with Crippen molar-refractivity contribution in [1.82, 2.24) is 85.1 Å². The van der Waals surface area contributed by atoms with Gasteiger partial charge in [-0.15, -0.1) is 0 Å². The standard InChI is InChI=1S/C68H113N17O34S2/c1-30(2)13-36(76-49(93)15-32(5)6)47(91)21-50(94)74-33(7)58(107)78-37(14-31(3)4)46(90)20-48(92)70-12-10-9-11-35(60(109)73-24-57(105)106)75-51(95)23-72-61(110)38(16-53(97)98)79-66(115)43(26-87)83-63(112)40(18-55(101)102)81-68(117)45(28-89)85-64(113)41(19-56(103)104)82-67(116)44(27-88)84-62(111)39(17-54(99)100)80-65(114)42(25-86)77-52(96)22-71-59(108)34(69)29-120-121(8,118)119/h30-47,86-91H,9-29,69H2,1-8H3,(H,70,92)(H,71,108)(H,72,110)(H,73,109)(H,74,94)(H,75,95)(H,76,93)(H,77,96)(H,78,107)(H,79,115)(H,80,114)(H,81,117)(H,82,116)(H,83,112)(H,84,111)(H,85,113)(H,97,98)(H,99,100)(H,101,102)(H,103,104)(H,105,106)/t33-,34+,35?,36-,37-,38+,39+,40+,41+,42+,43+,44+,45+,46-,47-/m1/s1. The number of hydrogen-bond acceptors (Lipinski definition) is 31.